The van der Waals surface area contributed by atoms with Gasteiger partial charge < -0.3 is 19.3 Å². The van der Waals surface area contributed by atoms with E-state index in [4.69, 9.17) is 9.47 Å². The van der Waals surface area contributed by atoms with E-state index in [1.165, 1.54) is 36.4 Å². The summed E-state index contributed by atoms with van der Waals surface area (Å²) in [6, 6.07) is 0. The molecule has 0 radical (unpaired) electrons. The van der Waals surface area contributed by atoms with Crippen LogP contribution in [0.4, 0.5) is 0 Å². The van der Waals surface area contributed by atoms with E-state index in [0.717, 1.165) is 114 Å². The number of hydrogen-bond donors (Lipinski definition) is 0. The van der Waals surface area contributed by atoms with Gasteiger partial charge >= 0.3 is 11.9 Å². The summed E-state index contributed by atoms with van der Waals surface area (Å²) in [5, 5.41) is 0. The number of unbranched alkanes of at least 4 members (excludes halogenated alkanes) is 5. The summed E-state index contributed by atoms with van der Waals surface area (Å²) in [4.78, 5) is 57.9. The van der Waals surface area contributed by atoms with Crippen LogP contribution in [0.3, 0.4) is 0 Å². The monoisotopic (exact) mass is 805 g/mol. The van der Waals surface area contributed by atoms with E-state index in [9.17, 15) is 19.2 Å². The number of carbonyl (C=O) groups is 4. The van der Waals surface area contributed by atoms with Gasteiger partial charge in [-0.15, -0.1) is 0 Å². The van der Waals surface area contributed by atoms with E-state index in [2.05, 4.69) is 78.3 Å². The first-order chi connectivity index (χ1) is 27.2. The third-order valence-corrected chi connectivity index (χ3v) is 14.1. The SMILES string of the molecule is C=CC(=O)C(C)C1=C(N2CCCCC2)CC(C)(C)C(OC(=O)CCCCCCCCC(=O)OC2C(C)(C)CC(N3CCCCC3)=C(C(C)C(=O)C=C)C2(C)C)C1(C)C. The van der Waals surface area contributed by atoms with E-state index in [1.807, 2.05) is 13.8 Å². The lowest BCUT2D eigenvalue weighted by Gasteiger charge is -2.53. The number of carbonyl (C=O) groups excluding carboxylic acids is 4. The fraction of sp³-hybridized carbons (Fsp3) is 0.760. The molecular weight excluding hydrogens is 725 g/mol. The number of nitrogens with zero attached hydrogens (tertiary/aromatic N) is 2. The first kappa shape index (κ1) is 47.5. The Morgan fingerprint density at radius 3 is 1.19 bits per heavy atom. The van der Waals surface area contributed by atoms with Crippen LogP contribution in [0.2, 0.25) is 0 Å². The highest BCUT2D eigenvalue weighted by Crippen LogP contribution is 2.55. The molecule has 0 aromatic carbocycles. The molecular formula is C50H80N2O6. The number of allylic oxidation sites excluding steroid dienone is 4. The second-order valence-corrected chi connectivity index (χ2v) is 20.6. The van der Waals surface area contributed by atoms with Gasteiger partial charge in [-0.1, -0.05) is 108 Å². The molecule has 0 aromatic heterocycles. The summed E-state index contributed by atoms with van der Waals surface area (Å²) in [5.41, 5.74) is 3.14. The number of likely N-dealkylation sites (tertiary alicyclic amines) is 2. The molecule has 58 heavy (non-hydrogen) atoms. The molecule has 8 heteroatoms. The summed E-state index contributed by atoms with van der Waals surface area (Å²) in [6.07, 6.45) is 16.9. The first-order valence-electron chi connectivity index (χ1n) is 22.9. The maximum atomic E-state index is 13.4. The molecule has 2 heterocycles. The normalized spacial score (nSPS) is 25.1. The topological polar surface area (TPSA) is 93.2 Å². The van der Waals surface area contributed by atoms with Crippen molar-refractivity contribution < 1.29 is 28.7 Å². The molecule has 2 fully saturated rings. The van der Waals surface area contributed by atoms with Crippen LogP contribution in [0.25, 0.3) is 0 Å². The van der Waals surface area contributed by atoms with Crippen molar-refractivity contribution in [3.63, 3.8) is 0 Å². The molecule has 4 atom stereocenters. The van der Waals surface area contributed by atoms with E-state index < -0.39 is 10.8 Å². The molecule has 8 nitrogen and oxygen atoms in total. The minimum atomic E-state index is -0.510. The number of ketones is 2. The van der Waals surface area contributed by atoms with Crippen LogP contribution in [0.15, 0.2) is 47.9 Å². The smallest absolute Gasteiger partial charge is 0.306 e. The van der Waals surface area contributed by atoms with Crippen LogP contribution < -0.4 is 0 Å². The number of piperidine rings is 2. The fourth-order valence-corrected chi connectivity index (χ4v) is 11.6. The second kappa shape index (κ2) is 19.9. The van der Waals surface area contributed by atoms with Gasteiger partial charge in [0.2, 0.25) is 0 Å². The number of esters is 2. The molecule has 2 aliphatic carbocycles. The Bertz CT molecular complexity index is 1450. The Morgan fingerprint density at radius 2 is 0.879 bits per heavy atom. The third-order valence-electron chi connectivity index (χ3n) is 14.1. The minimum Gasteiger partial charge on any atom is -0.461 e. The average molecular weight is 805 g/mol. The highest BCUT2D eigenvalue weighted by Gasteiger charge is 2.54. The maximum absolute atomic E-state index is 13.4. The average Bonchev–Trinajstić information content (AvgIpc) is 3.17. The van der Waals surface area contributed by atoms with E-state index in [0.29, 0.717) is 12.8 Å². The van der Waals surface area contributed by atoms with Crippen molar-refractivity contribution in [2.24, 2.45) is 33.5 Å². The molecule has 4 rings (SSSR count). The van der Waals surface area contributed by atoms with Crippen LogP contribution >= 0.6 is 0 Å². The van der Waals surface area contributed by atoms with Crippen LogP contribution in [0, 0.1) is 33.5 Å². The lowest BCUT2D eigenvalue weighted by molar-refractivity contribution is -0.167. The van der Waals surface area contributed by atoms with Gasteiger partial charge in [-0.05, 0) is 87.5 Å². The molecule has 2 aliphatic heterocycles. The van der Waals surface area contributed by atoms with Crippen LogP contribution in [-0.4, -0.2) is 71.7 Å². The standard InChI is InChI=1S/C50H80N2O6/c1-13-39(53)35(3)43-37(51-29-23-19-24-30-51)33-47(5,6)45(49(43,9)10)57-41(55)27-21-17-15-16-18-22-28-42(56)58-46-48(7,8)34-38(52-31-25-20-26-32-52)44(50(46,11)12)36(4)40(54)14-2/h13-14,35-36,45-46H,1-2,15-34H2,3-12H3. The lowest BCUT2D eigenvalue weighted by Crippen LogP contribution is -2.53. The van der Waals surface area contributed by atoms with Gasteiger partial charge in [-0.3, -0.25) is 19.2 Å². The van der Waals surface area contributed by atoms with E-state index >= 15 is 0 Å². The predicted molar refractivity (Wildman–Crippen MR) is 235 cm³/mol. The van der Waals surface area contributed by atoms with E-state index in [1.54, 1.807) is 0 Å². The molecule has 0 aromatic rings. The summed E-state index contributed by atoms with van der Waals surface area (Å²) in [7, 11) is 0. The predicted octanol–water partition coefficient (Wildman–Crippen LogP) is 11.1. The Labute approximate surface area is 352 Å². The van der Waals surface area contributed by atoms with Gasteiger partial charge in [0.25, 0.3) is 0 Å². The zero-order chi connectivity index (χ0) is 43.1. The largest absolute Gasteiger partial charge is 0.461 e. The molecule has 0 spiro atoms. The Morgan fingerprint density at radius 1 is 0.569 bits per heavy atom. The highest BCUT2D eigenvalue weighted by atomic mass is 16.5. The Hall–Kier alpha value is -3.16. The van der Waals surface area contributed by atoms with Crippen molar-refractivity contribution >= 4 is 23.5 Å². The molecule has 2 saturated heterocycles. The van der Waals surface area contributed by atoms with Crippen LogP contribution in [-0.2, 0) is 28.7 Å². The maximum Gasteiger partial charge on any atom is 0.306 e. The summed E-state index contributed by atoms with van der Waals surface area (Å²) < 4.78 is 12.8. The number of hydrogen-bond acceptors (Lipinski definition) is 8. The lowest BCUT2D eigenvalue weighted by atomic mass is 9.58. The molecule has 4 aliphatic rings. The van der Waals surface area contributed by atoms with Crippen LogP contribution in [0.1, 0.15) is 172 Å². The van der Waals surface area contributed by atoms with Gasteiger partial charge in [0.15, 0.2) is 11.6 Å². The van der Waals surface area contributed by atoms with Crippen molar-refractivity contribution in [3.05, 3.63) is 47.9 Å². The molecule has 4 unspecified atom stereocenters. The minimum absolute atomic E-state index is 0.0115. The first-order valence-corrected chi connectivity index (χ1v) is 22.9. The Balaban J connectivity index is 1.27. The zero-order valence-corrected chi connectivity index (χ0v) is 38.4. The summed E-state index contributed by atoms with van der Waals surface area (Å²) >= 11 is 0. The number of rotatable bonds is 19. The van der Waals surface area contributed by atoms with Crippen LogP contribution in [0.5, 0.6) is 0 Å². The van der Waals surface area contributed by atoms with Crippen molar-refractivity contribution in [1.82, 2.24) is 9.80 Å². The van der Waals surface area contributed by atoms with Gasteiger partial charge in [0.1, 0.15) is 12.2 Å². The quantitative estimate of drug-likeness (QED) is 0.0724. The van der Waals surface area contributed by atoms with Crippen molar-refractivity contribution in [2.45, 2.75) is 184 Å². The van der Waals surface area contributed by atoms with Gasteiger partial charge in [-0.2, -0.15) is 0 Å². The summed E-state index contributed by atoms with van der Waals surface area (Å²) in [5.74, 6) is -0.958. The fourth-order valence-electron chi connectivity index (χ4n) is 11.6. The van der Waals surface area contributed by atoms with Crippen molar-refractivity contribution in [3.8, 4) is 0 Å². The molecule has 326 valence electrons. The van der Waals surface area contributed by atoms with Crippen molar-refractivity contribution in [1.29, 1.82) is 0 Å². The van der Waals surface area contributed by atoms with Gasteiger partial charge in [0.05, 0.1) is 0 Å². The molecule has 0 N–H and O–H groups in total. The van der Waals surface area contributed by atoms with Gasteiger partial charge in [0, 0.05) is 83.9 Å². The molecule has 0 saturated carbocycles. The van der Waals surface area contributed by atoms with Gasteiger partial charge in [-0.25, -0.2) is 0 Å². The zero-order valence-electron chi connectivity index (χ0n) is 38.4. The third kappa shape index (κ3) is 11.0. The Kier molecular flexibility index (Phi) is 16.3. The highest BCUT2D eigenvalue weighted by molar-refractivity contribution is 5.94. The molecule has 0 bridgehead atoms. The second-order valence-electron chi connectivity index (χ2n) is 20.6. The molecule has 0 amide bonds. The van der Waals surface area contributed by atoms with E-state index in [-0.39, 0.29) is 58.4 Å². The van der Waals surface area contributed by atoms with Crippen molar-refractivity contribution in [2.75, 3.05) is 26.2 Å². The summed E-state index contributed by atoms with van der Waals surface area (Å²) in [6.45, 7) is 33.0. The number of ether oxygens (including phenoxy) is 2.